The van der Waals surface area contributed by atoms with Crippen LogP contribution in [0.4, 0.5) is 0 Å². The van der Waals surface area contributed by atoms with Crippen molar-refractivity contribution in [3.63, 3.8) is 0 Å². The minimum absolute atomic E-state index is 0.0215. The molecule has 0 fully saturated rings. The van der Waals surface area contributed by atoms with E-state index in [0.29, 0.717) is 19.7 Å². The zero-order chi connectivity index (χ0) is 21.3. The topological polar surface area (TPSA) is 76.7 Å². The van der Waals surface area contributed by atoms with Gasteiger partial charge in [0.1, 0.15) is 11.6 Å². The Morgan fingerprint density at radius 2 is 2.07 bits per heavy atom. The van der Waals surface area contributed by atoms with Crippen LogP contribution in [0.1, 0.15) is 44.5 Å². The second kappa shape index (κ2) is 10.8. The number of aliphatic imine (C=N–C) groups is 1. The predicted molar refractivity (Wildman–Crippen MR) is 119 cm³/mol. The van der Waals surface area contributed by atoms with Gasteiger partial charge in [-0.2, -0.15) is 5.10 Å². The van der Waals surface area contributed by atoms with E-state index in [1.165, 1.54) is 5.56 Å². The summed E-state index contributed by atoms with van der Waals surface area (Å²) in [4.78, 5) is 19.3. The van der Waals surface area contributed by atoms with Crippen LogP contribution in [0.2, 0.25) is 0 Å². The molecule has 0 unspecified atom stereocenters. The lowest BCUT2D eigenvalue weighted by Gasteiger charge is -2.22. The summed E-state index contributed by atoms with van der Waals surface area (Å²) in [6.45, 7) is 8.32. The van der Waals surface area contributed by atoms with Crippen LogP contribution in [0.5, 0.6) is 5.75 Å². The van der Waals surface area contributed by atoms with Gasteiger partial charge in [-0.15, -0.1) is 0 Å². The number of hydrogen-bond acceptors (Lipinski definition) is 4. The fourth-order valence-corrected chi connectivity index (χ4v) is 3.68. The first-order valence-corrected chi connectivity index (χ1v) is 11.0. The molecule has 0 spiro atoms. The molecule has 8 heteroatoms. The summed E-state index contributed by atoms with van der Waals surface area (Å²) < 4.78 is 8.93. The smallest absolute Gasteiger partial charge is 0.345 e. The number of fused-ring (bicyclic) bond motifs is 1. The summed E-state index contributed by atoms with van der Waals surface area (Å²) in [5, 5.41) is 7.84. The van der Waals surface area contributed by atoms with Crippen molar-refractivity contribution in [1.82, 2.24) is 24.6 Å². The second-order valence-electron chi connectivity index (χ2n) is 7.55. The largest absolute Gasteiger partial charge is 0.494 e. The highest BCUT2D eigenvalue weighted by Crippen LogP contribution is 2.13. The molecule has 1 aromatic carbocycles. The third-order valence-corrected chi connectivity index (χ3v) is 5.17. The lowest BCUT2D eigenvalue weighted by atomic mass is 10.2. The summed E-state index contributed by atoms with van der Waals surface area (Å²) in [5.41, 5.74) is 1.22. The SMILES string of the molecule is CCNC(=NCCCn1nc2n(c1=O)CCCC2)N(C)Cc1ccc(OCC)cc1. The van der Waals surface area contributed by atoms with Gasteiger partial charge < -0.3 is 15.0 Å². The van der Waals surface area contributed by atoms with E-state index in [-0.39, 0.29) is 5.69 Å². The van der Waals surface area contributed by atoms with Gasteiger partial charge in [0.15, 0.2) is 5.96 Å². The lowest BCUT2D eigenvalue weighted by Crippen LogP contribution is -2.38. The Bertz CT molecular complexity index is 884. The molecule has 1 aliphatic rings. The molecule has 1 aliphatic heterocycles. The molecule has 0 bridgehead atoms. The number of ether oxygens (including phenoxy) is 1. The normalized spacial score (nSPS) is 13.8. The molecule has 3 rings (SSSR count). The maximum Gasteiger partial charge on any atom is 0.345 e. The van der Waals surface area contributed by atoms with Gasteiger partial charge in [-0.05, 0) is 50.8 Å². The van der Waals surface area contributed by atoms with Crippen LogP contribution in [0.15, 0.2) is 34.1 Å². The number of guanidine groups is 1. The lowest BCUT2D eigenvalue weighted by molar-refractivity contribution is 0.340. The van der Waals surface area contributed by atoms with E-state index in [4.69, 9.17) is 9.73 Å². The van der Waals surface area contributed by atoms with E-state index in [9.17, 15) is 4.79 Å². The summed E-state index contributed by atoms with van der Waals surface area (Å²) in [5.74, 6) is 2.68. The van der Waals surface area contributed by atoms with Gasteiger partial charge in [0.25, 0.3) is 0 Å². The fourth-order valence-electron chi connectivity index (χ4n) is 3.68. The number of rotatable bonds is 9. The average molecular weight is 415 g/mol. The van der Waals surface area contributed by atoms with Crippen molar-refractivity contribution in [3.8, 4) is 5.75 Å². The monoisotopic (exact) mass is 414 g/mol. The van der Waals surface area contributed by atoms with Crippen LogP contribution in [-0.2, 0) is 26.1 Å². The number of hydrogen-bond donors (Lipinski definition) is 1. The van der Waals surface area contributed by atoms with E-state index in [1.54, 1.807) is 4.68 Å². The van der Waals surface area contributed by atoms with Crippen molar-refractivity contribution >= 4 is 5.96 Å². The quantitative estimate of drug-likeness (QED) is 0.387. The Hall–Kier alpha value is -2.77. The fraction of sp³-hybridized carbons (Fsp3) is 0.591. The van der Waals surface area contributed by atoms with Crippen molar-refractivity contribution in [3.05, 3.63) is 46.1 Å². The van der Waals surface area contributed by atoms with Crippen molar-refractivity contribution < 1.29 is 4.74 Å². The maximum atomic E-state index is 12.4. The molecule has 0 atom stereocenters. The van der Waals surface area contributed by atoms with E-state index >= 15 is 0 Å². The molecule has 0 amide bonds. The maximum absolute atomic E-state index is 12.4. The van der Waals surface area contributed by atoms with Gasteiger partial charge in [0.2, 0.25) is 0 Å². The molecule has 2 aromatic rings. The highest BCUT2D eigenvalue weighted by molar-refractivity contribution is 5.79. The van der Waals surface area contributed by atoms with Gasteiger partial charge in [0, 0.05) is 46.2 Å². The zero-order valence-electron chi connectivity index (χ0n) is 18.4. The molecule has 0 radical (unpaired) electrons. The number of aryl methyl sites for hydroxylation is 2. The second-order valence-corrected chi connectivity index (χ2v) is 7.55. The van der Waals surface area contributed by atoms with E-state index < -0.39 is 0 Å². The molecule has 0 aliphatic carbocycles. The molecule has 0 saturated heterocycles. The van der Waals surface area contributed by atoms with Gasteiger partial charge in [-0.1, -0.05) is 12.1 Å². The van der Waals surface area contributed by atoms with Crippen LogP contribution in [-0.4, -0.2) is 52.0 Å². The Kier molecular flexibility index (Phi) is 7.93. The molecular weight excluding hydrogens is 380 g/mol. The van der Waals surface area contributed by atoms with E-state index in [1.807, 2.05) is 30.7 Å². The standard InChI is InChI=1S/C22H34N6O2/c1-4-23-21(26(3)17-18-10-12-19(13-11-18)30-5-2)24-14-8-16-28-22(29)27-15-7-6-9-20(27)25-28/h10-13H,4-9,14-17H2,1-3H3,(H,23,24). The van der Waals surface area contributed by atoms with Crippen LogP contribution < -0.4 is 15.7 Å². The van der Waals surface area contributed by atoms with Gasteiger partial charge in [0.05, 0.1) is 6.61 Å². The van der Waals surface area contributed by atoms with Crippen molar-refractivity contribution in [1.29, 1.82) is 0 Å². The number of nitrogens with one attached hydrogen (secondary N) is 1. The van der Waals surface area contributed by atoms with Crippen molar-refractivity contribution in [2.45, 2.75) is 59.2 Å². The first-order chi connectivity index (χ1) is 14.6. The first kappa shape index (κ1) is 21.9. The van der Waals surface area contributed by atoms with E-state index in [0.717, 1.165) is 62.9 Å². The predicted octanol–water partition coefficient (Wildman–Crippen LogP) is 2.27. The first-order valence-electron chi connectivity index (χ1n) is 11.0. The molecule has 2 heterocycles. The Morgan fingerprint density at radius 1 is 1.27 bits per heavy atom. The van der Waals surface area contributed by atoms with Gasteiger partial charge in [-0.3, -0.25) is 9.56 Å². The van der Waals surface area contributed by atoms with Crippen LogP contribution in [0, 0.1) is 0 Å². The Labute approximate surface area is 178 Å². The number of benzene rings is 1. The molecule has 8 nitrogen and oxygen atoms in total. The molecule has 30 heavy (non-hydrogen) atoms. The molecule has 1 N–H and O–H groups in total. The summed E-state index contributed by atoms with van der Waals surface area (Å²) in [7, 11) is 2.03. The molecule has 0 saturated carbocycles. The number of nitrogens with zero attached hydrogens (tertiary/aromatic N) is 5. The summed E-state index contributed by atoms with van der Waals surface area (Å²) >= 11 is 0. The molecule has 1 aromatic heterocycles. The highest BCUT2D eigenvalue weighted by Gasteiger charge is 2.16. The minimum Gasteiger partial charge on any atom is -0.494 e. The third-order valence-electron chi connectivity index (χ3n) is 5.17. The third kappa shape index (κ3) is 5.64. The zero-order valence-corrected chi connectivity index (χ0v) is 18.4. The van der Waals surface area contributed by atoms with Crippen molar-refractivity contribution in [2.24, 2.45) is 4.99 Å². The summed E-state index contributed by atoms with van der Waals surface area (Å²) in [6.07, 6.45) is 3.87. The minimum atomic E-state index is 0.0215. The van der Waals surface area contributed by atoms with Gasteiger partial charge in [-0.25, -0.2) is 9.48 Å². The molecular formula is C22H34N6O2. The van der Waals surface area contributed by atoms with Crippen LogP contribution in [0.3, 0.4) is 0 Å². The average Bonchev–Trinajstić information content (AvgIpc) is 3.07. The Balaban J connectivity index is 1.54. The van der Waals surface area contributed by atoms with Crippen LogP contribution >= 0.6 is 0 Å². The Morgan fingerprint density at radius 3 is 2.77 bits per heavy atom. The van der Waals surface area contributed by atoms with Crippen molar-refractivity contribution in [2.75, 3.05) is 26.7 Å². The number of aromatic nitrogens is 3. The van der Waals surface area contributed by atoms with Crippen LogP contribution in [0.25, 0.3) is 0 Å². The van der Waals surface area contributed by atoms with Gasteiger partial charge >= 0.3 is 5.69 Å². The molecule has 164 valence electrons. The summed E-state index contributed by atoms with van der Waals surface area (Å²) in [6, 6.07) is 8.16. The van der Waals surface area contributed by atoms with E-state index in [2.05, 4.69) is 34.4 Å². The highest BCUT2D eigenvalue weighted by atomic mass is 16.5.